The molecule has 0 bridgehead atoms. The molecular weight excluding hydrogens is 274 g/mol. The summed E-state index contributed by atoms with van der Waals surface area (Å²) in [5, 5.41) is 7.84. The Kier molecular flexibility index (Phi) is 7.12. The summed E-state index contributed by atoms with van der Waals surface area (Å²) in [6, 6.07) is 10.2. The number of methoxy groups -OCH3 is 1. The van der Waals surface area contributed by atoms with Crippen molar-refractivity contribution in [3.63, 3.8) is 0 Å². The van der Waals surface area contributed by atoms with Crippen LogP contribution in [-0.4, -0.2) is 23.4 Å². The minimum atomic E-state index is 0. The third-order valence-corrected chi connectivity index (χ3v) is 3.05. The van der Waals surface area contributed by atoms with Crippen molar-refractivity contribution in [1.29, 1.82) is 0 Å². The summed E-state index contributed by atoms with van der Waals surface area (Å²) in [6.45, 7) is 4.76. The Hall–Kier alpha value is -1.52. The largest absolute Gasteiger partial charge is 0.497 e. The number of ether oxygens (including phenoxy) is 1. The molecule has 2 aromatic rings. The Labute approximate surface area is 126 Å². The van der Waals surface area contributed by atoms with Crippen molar-refractivity contribution in [3.05, 3.63) is 47.8 Å². The van der Waals surface area contributed by atoms with E-state index in [4.69, 9.17) is 4.74 Å². The number of aromatic nitrogens is 2. The molecule has 0 spiro atoms. The first-order valence-corrected chi connectivity index (χ1v) is 6.68. The average Bonchev–Trinajstić information content (AvgIpc) is 2.92. The molecule has 1 aromatic heterocycles. The lowest BCUT2D eigenvalue weighted by molar-refractivity contribution is 0.414. The van der Waals surface area contributed by atoms with E-state index in [0.29, 0.717) is 0 Å². The molecule has 0 fully saturated rings. The number of rotatable bonds is 7. The van der Waals surface area contributed by atoms with E-state index in [1.807, 2.05) is 23.0 Å². The lowest BCUT2D eigenvalue weighted by atomic mass is 10.1. The second-order valence-electron chi connectivity index (χ2n) is 4.44. The molecule has 20 heavy (non-hydrogen) atoms. The lowest BCUT2D eigenvalue weighted by Gasteiger charge is -2.05. The molecule has 2 rings (SSSR count). The van der Waals surface area contributed by atoms with Gasteiger partial charge in [0.1, 0.15) is 5.75 Å². The molecule has 1 heterocycles. The standard InChI is InChI=1S/C15H21N3O.ClH/c1-3-18-10-8-14(17-18)12-16-9-7-13-5-4-6-15(11-13)19-2;/h4-6,8,10-11,16H,3,7,9,12H2,1-2H3;1H. The second kappa shape index (κ2) is 8.61. The molecule has 0 aliphatic heterocycles. The molecule has 110 valence electrons. The van der Waals surface area contributed by atoms with E-state index in [1.165, 1.54) is 5.56 Å². The zero-order valence-electron chi connectivity index (χ0n) is 12.0. The van der Waals surface area contributed by atoms with E-state index in [1.54, 1.807) is 7.11 Å². The number of benzene rings is 1. The molecule has 4 nitrogen and oxygen atoms in total. The fourth-order valence-corrected chi connectivity index (χ4v) is 1.95. The van der Waals surface area contributed by atoms with Crippen molar-refractivity contribution in [2.24, 2.45) is 0 Å². The van der Waals surface area contributed by atoms with Gasteiger partial charge in [-0.05, 0) is 43.7 Å². The van der Waals surface area contributed by atoms with E-state index in [0.717, 1.165) is 37.5 Å². The van der Waals surface area contributed by atoms with Gasteiger partial charge in [0.05, 0.1) is 12.8 Å². The molecule has 0 radical (unpaired) electrons. The number of aryl methyl sites for hydroxylation is 1. The first-order valence-electron chi connectivity index (χ1n) is 6.68. The molecule has 0 atom stereocenters. The Morgan fingerprint density at radius 1 is 1.30 bits per heavy atom. The highest BCUT2D eigenvalue weighted by Crippen LogP contribution is 2.12. The fourth-order valence-electron chi connectivity index (χ4n) is 1.95. The van der Waals surface area contributed by atoms with Crippen LogP contribution in [0.4, 0.5) is 0 Å². The smallest absolute Gasteiger partial charge is 0.119 e. The number of halogens is 1. The Bertz CT molecular complexity index is 513. The van der Waals surface area contributed by atoms with Gasteiger partial charge in [-0.15, -0.1) is 12.4 Å². The summed E-state index contributed by atoms with van der Waals surface area (Å²) >= 11 is 0. The van der Waals surface area contributed by atoms with Crippen LogP contribution in [0.25, 0.3) is 0 Å². The van der Waals surface area contributed by atoms with Crippen molar-refractivity contribution in [3.8, 4) is 5.75 Å². The van der Waals surface area contributed by atoms with E-state index < -0.39 is 0 Å². The maximum atomic E-state index is 5.21. The van der Waals surface area contributed by atoms with Crippen LogP contribution in [0.3, 0.4) is 0 Å². The first kappa shape index (κ1) is 16.5. The van der Waals surface area contributed by atoms with Crippen LogP contribution in [0.5, 0.6) is 5.75 Å². The fraction of sp³-hybridized carbons (Fsp3) is 0.400. The predicted molar refractivity (Wildman–Crippen MR) is 83.6 cm³/mol. The lowest BCUT2D eigenvalue weighted by Crippen LogP contribution is -2.17. The quantitative estimate of drug-likeness (QED) is 0.798. The van der Waals surface area contributed by atoms with Crippen LogP contribution >= 0.6 is 12.4 Å². The highest BCUT2D eigenvalue weighted by Gasteiger charge is 1.99. The van der Waals surface area contributed by atoms with Gasteiger partial charge < -0.3 is 10.1 Å². The van der Waals surface area contributed by atoms with Gasteiger partial charge in [0.15, 0.2) is 0 Å². The van der Waals surface area contributed by atoms with Gasteiger partial charge in [0.25, 0.3) is 0 Å². The minimum absolute atomic E-state index is 0. The number of hydrogen-bond acceptors (Lipinski definition) is 3. The second-order valence-corrected chi connectivity index (χ2v) is 4.44. The van der Waals surface area contributed by atoms with Crippen LogP contribution in [0.2, 0.25) is 0 Å². The molecule has 1 aromatic carbocycles. The third-order valence-electron chi connectivity index (χ3n) is 3.05. The normalized spacial score (nSPS) is 10.1. The molecule has 0 aliphatic carbocycles. The maximum Gasteiger partial charge on any atom is 0.119 e. The van der Waals surface area contributed by atoms with Crippen LogP contribution in [0.15, 0.2) is 36.5 Å². The summed E-state index contributed by atoms with van der Waals surface area (Å²) < 4.78 is 7.16. The van der Waals surface area contributed by atoms with Crippen LogP contribution < -0.4 is 10.1 Å². The molecule has 0 aliphatic rings. The van der Waals surface area contributed by atoms with E-state index in [9.17, 15) is 0 Å². The molecular formula is C15H22ClN3O. The Morgan fingerprint density at radius 3 is 2.85 bits per heavy atom. The number of nitrogens with one attached hydrogen (secondary N) is 1. The van der Waals surface area contributed by atoms with Crippen molar-refractivity contribution in [2.45, 2.75) is 26.4 Å². The molecule has 0 saturated carbocycles. The SMILES string of the molecule is CCn1ccc(CNCCc2cccc(OC)c2)n1.Cl. The summed E-state index contributed by atoms with van der Waals surface area (Å²) in [5.41, 5.74) is 2.37. The molecule has 1 N–H and O–H groups in total. The van der Waals surface area contributed by atoms with Crippen LogP contribution in [-0.2, 0) is 19.5 Å². The van der Waals surface area contributed by atoms with Gasteiger partial charge in [0.2, 0.25) is 0 Å². The highest BCUT2D eigenvalue weighted by molar-refractivity contribution is 5.85. The van der Waals surface area contributed by atoms with Crippen LogP contribution in [0, 0.1) is 0 Å². The molecule has 0 saturated heterocycles. The van der Waals surface area contributed by atoms with Crippen molar-refractivity contribution in [1.82, 2.24) is 15.1 Å². The topological polar surface area (TPSA) is 39.1 Å². The maximum absolute atomic E-state index is 5.21. The van der Waals surface area contributed by atoms with Gasteiger partial charge in [-0.1, -0.05) is 12.1 Å². The van der Waals surface area contributed by atoms with Gasteiger partial charge in [-0.2, -0.15) is 5.10 Å². The summed E-state index contributed by atoms with van der Waals surface area (Å²) in [4.78, 5) is 0. The van der Waals surface area contributed by atoms with Crippen molar-refractivity contribution < 1.29 is 4.74 Å². The Morgan fingerprint density at radius 2 is 2.15 bits per heavy atom. The zero-order chi connectivity index (χ0) is 13.5. The molecule has 0 amide bonds. The zero-order valence-corrected chi connectivity index (χ0v) is 12.8. The summed E-state index contributed by atoms with van der Waals surface area (Å²) in [5.74, 6) is 0.916. The third kappa shape index (κ3) is 4.87. The molecule has 5 heteroatoms. The minimum Gasteiger partial charge on any atom is -0.497 e. The van der Waals surface area contributed by atoms with E-state index in [-0.39, 0.29) is 12.4 Å². The summed E-state index contributed by atoms with van der Waals surface area (Å²) in [6.07, 6.45) is 3.00. The van der Waals surface area contributed by atoms with Gasteiger partial charge in [-0.25, -0.2) is 0 Å². The number of nitrogens with zero attached hydrogens (tertiary/aromatic N) is 2. The Balaban J connectivity index is 0.00000200. The van der Waals surface area contributed by atoms with Gasteiger partial charge in [-0.3, -0.25) is 4.68 Å². The highest BCUT2D eigenvalue weighted by atomic mass is 35.5. The van der Waals surface area contributed by atoms with E-state index in [2.05, 4.69) is 35.5 Å². The van der Waals surface area contributed by atoms with Crippen LogP contribution in [0.1, 0.15) is 18.2 Å². The van der Waals surface area contributed by atoms with Gasteiger partial charge in [0, 0.05) is 19.3 Å². The van der Waals surface area contributed by atoms with Crippen molar-refractivity contribution >= 4 is 12.4 Å². The van der Waals surface area contributed by atoms with Gasteiger partial charge >= 0.3 is 0 Å². The first-order chi connectivity index (χ1) is 9.31. The monoisotopic (exact) mass is 295 g/mol. The summed E-state index contributed by atoms with van der Waals surface area (Å²) in [7, 11) is 1.70. The average molecular weight is 296 g/mol. The molecule has 0 unspecified atom stereocenters. The van der Waals surface area contributed by atoms with E-state index >= 15 is 0 Å². The number of hydrogen-bond donors (Lipinski definition) is 1. The predicted octanol–water partition coefficient (Wildman–Crippen LogP) is 2.67. The van der Waals surface area contributed by atoms with Crippen molar-refractivity contribution in [2.75, 3.05) is 13.7 Å².